The number of amides is 1. The van der Waals surface area contributed by atoms with Crippen LogP contribution in [0.2, 0.25) is 0 Å². The number of rotatable bonds is 5. The van der Waals surface area contributed by atoms with Crippen molar-refractivity contribution in [2.75, 3.05) is 13.1 Å². The number of aromatic nitrogens is 1. The first-order chi connectivity index (χ1) is 11.6. The van der Waals surface area contributed by atoms with Crippen LogP contribution in [0.3, 0.4) is 0 Å². The molecule has 24 heavy (non-hydrogen) atoms. The molecule has 1 aromatic carbocycles. The van der Waals surface area contributed by atoms with Crippen LogP contribution in [0.1, 0.15) is 30.5 Å². The average Bonchev–Trinajstić information content (AvgIpc) is 2.93. The molecule has 0 spiro atoms. The molecule has 1 amide bonds. The van der Waals surface area contributed by atoms with Crippen LogP contribution in [0.25, 0.3) is 0 Å². The first-order valence-electron chi connectivity index (χ1n) is 8.60. The van der Waals surface area contributed by atoms with E-state index < -0.39 is 0 Å². The van der Waals surface area contributed by atoms with Crippen LogP contribution < -0.4 is 4.87 Å². The van der Waals surface area contributed by atoms with Gasteiger partial charge in [0.25, 0.3) is 0 Å². The summed E-state index contributed by atoms with van der Waals surface area (Å²) in [5, 5.41) is 1.81. The molecule has 0 bridgehead atoms. The Morgan fingerprint density at radius 2 is 1.92 bits per heavy atom. The van der Waals surface area contributed by atoms with Gasteiger partial charge in [0, 0.05) is 24.2 Å². The van der Waals surface area contributed by atoms with Gasteiger partial charge in [-0.15, -0.1) is 0 Å². The van der Waals surface area contributed by atoms with E-state index in [-0.39, 0.29) is 17.3 Å². The quantitative estimate of drug-likeness (QED) is 0.836. The fraction of sp³-hybridized carbons (Fsp3) is 0.474. The number of benzene rings is 1. The molecular formula is C19H24N2O2S. The van der Waals surface area contributed by atoms with Gasteiger partial charge in [0.1, 0.15) is 6.54 Å². The number of likely N-dealkylation sites (tertiary alicyclic amines) is 1. The first kappa shape index (κ1) is 17.0. The molecule has 5 heteroatoms. The van der Waals surface area contributed by atoms with E-state index in [1.165, 1.54) is 12.0 Å². The fourth-order valence-electron chi connectivity index (χ4n) is 3.32. The molecule has 128 valence electrons. The van der Waals surface area contributed by atoms with Crippen LogP contribution in [-0.2, 0) is 17.8 Å². The smallest absolute Gasteiger partial charge is 0.307 e. The third-order valence-electron chi connectivity index (χ3n) is 4.92. The number of hydrogen-bond acceptors (Lipinski definition) is 3. The Balaban J connectivity index is 1.46. The van der Waals surface area contributed by atoms with Crippen molar-refractivity contribution in [3.05, 3.63) is 56.6 Å². The first-order valence-corrected chi connectivity index (χ1v) is 9.48. The van der Waals surface area contributed by atoms with Crippen molar-refractivity contribution < 1.29 is 4.79 Å². The van der Waals surface area contributed by atoms with E-state index in [0.29, 0.717) is 5.92 Å². The van der Waals surface area contributed by atoms with Gasteiger partial charge in [0.15, 0.2) is 0 Å². The van der Waals surface area contributed by atoms with E-state index in [1.54, 1.807) is 4.57 Å². The van der Waals surface area contributed by atoms with Crippen molar-refractivity contribution in [1.29, 1.82) is 0 Å². The minimum Gasteiger partial charge on any atom is -0.341 e. The number of hydrogen-bond donors (Lipinski definition) is 0. The Hall–Kier alpha value is -1.88. The van der Waals surface area contributed by atoms with Gasteiger partial charge in [-0.25, -0.2) is 0 Å². The molecule has 1 aromatic heterocycles. The van der Waals surface area contributed by atoms with E-state index in [4.69, 9.17) is 0 Å². The summed E-state index contributed by atoms with van der Waals surface area (Å²) in [4.78, 5) is 26.0. The summed E-state index contributed by atoms with van der Waals surface area (Å²) < 4.78 is 1.58. The maximum atomic E-state index is 12.4. The standard InChI is InChI=1S/C19H24N2O2S/c1-15-14-24-19(23)21(15)13-18(22)20-11-9-17(10-12-20)8-7-16-5-3-2-4-6-16/h2-6,14,17H,7-13H2,1H3. The molecule has 1 aliphatic rings. The Morgan fingerprint density at radius 1 is 1.21 bits per heavy atom. The predicted octanol–water partition coefficient (Wildman–Crippen LogP) is 3.09. The number of thiazole rings is 1. The van der Waals surface area contributed by atoms with Crippen LogP contribution in [0.15, 0.2) is 40.5 Å². The van der Waals surface area contributed by atoms with Gasteiger partial charge >= 0.3 is 4.87 Å². The summed E-state index contributed by atoms with van der Waals surface area (Å²) in [6.45, 7) is 3.69. The Labute approximate surface area is 146 Å². The number of carbonyl (C=O) groups excluding carboxylic acids is 1. The van der Waals surface area contributed by atoms with Crippen molar-refractivity contribution in [1.82, 2.24) is 9.47 Å². The lowest BCUT2D eigenvalue weighted by Gasteiger charge is -2.32. The highest BCUT2D eigenvalue weighted by Gasteiger charge is 2.23. The highest BCUT2D eigenvalue weighted by Crippen LogP contribution is 2.22. The predicted molar refractivity (Wildman–Crippen MR) is 97.4 cm³/mol. The van der Waals surface area contributed by atoms with Crippen molar-refractivity contribution in [3.63, 3.8) is 0 Å². The Kier molecular flexibility index (Phi) is 5.51. The molecule has 3 rings (SSSR count). The summed E-state index contributed by atoms with van der Waals surface area (Å²) in [5.74, 6) is 0.764. The average molecular weight is 344 g/mol. The van der Waals surface area contributed by atoms with Gasteiger partial charge in [-0.2, -0.15) is 0 Å². The SMILES string of the molecule is Cc1csc(=O)n1CC(=O)N1CCC(CCc2ccccc2)CC1. The molecular weight excluding hydrogens is 320 g/mol. The fourth-order valence-corrected chi connectivity index (χ4v) is 4.05. The Morgan fingerprint density at radius 3 is 2.54 bits per heavy atom. The summed E-state index contributed by atoms with van der Waals surface area (Å²) >= 11 is 1.16. The molecule has 0 aliphatic carbocycles. The highest BCUT2D eigenvalue weighted by atomic mass is 32.1. The molecule has 0 radical (unpaired) electrons. The van der Waals surface area contributed by atoms with E-state index in [2.05, 4.69) is 24.3 Å². The van der Waals surface area contributed by atoms with E-state index in [1.807, 2.05) is 23.3 Å². The molecule has 2 aromatic rings. The Bertz CT molecular complexity index is 727. The largest absolute Gasteiger partial charge is 0.341 e. The highest BCUT2D eigenvalue weighted by molar-refractivity contribution is 7.07. The topological polar surface area (TPSA) is 42.3 Å². The van der Waals surface area contributed by atoms with Crippen LogP contribution >= 0.6 is 11.3 Å². The summed E-state index contributed by atoms with van der Waals surface area (Å²) in [7, 11) is 0. The van der Waals surface area contributed by atoms with Gasteiger partial charge in [-0.05, 0) is 44.1 Å². The van der Waals surface area contributed by atoms with E-state index in [9.17, 15) is 9.59 Å². The second kappa shape index (κ2) is 7.79. The number of nitrogens with zero attached hydrogens (tertiary/aromatic N) is 2. The molecule has 1 fully saturated rings. The number of carbonyl (C=O) groups is 1. The zero-order valence-corrected chi connectivity index (χ0v) is 14.9. The lowest BCUT2D eigenvalue weighted by molar-refractivity contribution is -0.133. The minimum atomic E-state index is -0.0430. The number of piperidine rings is 1. The van der Waals surface area contributed by atoms with Crippen molar-refractivity contribution in [2.24, 2.45) is 5.92 Å². The minimum absolute atomic E-state index is 0.0430. The van der Waals surface area contributed by atoms with Gasteiger partial charge in [0.05, 0.1) is 0 Å². The molecule has 0 unspecified atom stereocenters. The molecule has 4 nitrogen and oxygen atoms in total. The molecule has 0 N–H and O–H groups in total. The molecule has 0 saturated carbocycles. The monoisotopic (exact) mass is 344 g/mol. The summed E-state index contributed by atoms with van der Waals surface area (Å²) in [6.07, 6.45) is 4.43. The van der Waals surface area contributed by atoms with Crippen LogP contribution in [0, 0.1) is 12.8 Å². The molecule has 1 saturated heterocycles. The zero-order valence-electron chi connectivity index (χ0n) is 14.1. The van der Waals surface area contributed by atoms with Gasteiger partial charge in [0.2, 0.25) is 5.91 Å². The molecule has 1 aliphatic heterocycles. The normalized spacial score (nSPS) is 15.6. The maximum Gasteiger partial charge on any atom is 0.307 e. The molecule has 0 atom stereocenters. The van der Waals surface area contributed by atoms with Crippen LogP contribution in [0.4, 0.5) is 0 Å². The zero-order chi connectivity index (χ0) is 16.9. The second-order valence-electron chi connectivity index (χ2n) is 6.58. The van der Waals surface area contributed by atoms with Crippen LogP contribution in [-0.4, -0.2) is 28.5 Å². The van der Waals surface area contributed by atoms with Gasteiger partial charge in [-0.3, -0.25) is 14.2 Å². The van der Waals surface area contributed by atoms with Crippen molar-refractivity contribution in [3.8, 4) is 0 Å². The summed E-state index contributed by atoms with van der Waals surface area (Å²) in [5.41, 5.74) is 2.26. The van der Waals surface area contributed by atoms with Crippen LogP contribution in [0.5, 0.6) is 0 Å². The van der Waals surface area contributed by atoms with Gasteiger partial charge in [-0.1, -0.05) is 41.7 Å². The molecule has 2 heterocycles. The van der Waals surface area contributed by atoms with Gasteiger partial charge < -0.3 is 4.90 Å². The lowest BCUT2D eigenvalue weighted by atomic mass is 9.90. The van der Waals surface area contributed by atoms with Crippen molar-refractivity contribution >= 4 is 17.2 Å². The van der Waals surface area contributed by atoms with E-state index in [0.717, 1.165) is 49.4 Å². The second-order valence-corrected chi connectivity index (χ2v) is 7.40. The van der Waals surface area contributed by atoms with Crippen molar-refractivity contribution in [2.45, 2.75) is 39.2 Å². The number of aryl methyl sites for hydroxylation is 2. The lowest BCUT2D eigenvalue weighted by Crippen LogP contribution is -2.41. The van der Waals surface area contributed by atoms with E-state index >= 15 is 0 Å². The third-order valence-corrected chi connectivity index (χ3v) is 5.80. The maximum absolute atomic E-state index is 12.4. The summed E-state index contributed by atoms with van der Waals surface area (Å²) in [6, 6.07) is 10.6. The third kappa shape index (κ3) is 4.15.